The van der Waals surface area contributed by atoms with Crippen molar-refractivity contribution in [1.82, 2.24) is 15.2 Å². The third-order valence-corrected chi connectivity index (χ3v) is 6.27. The fraction of sp³-hybridized carbons (Fsp3) is 0.750. The van der Waals surface area contributed by atoms with E-state index in [-0.39, 0.29) is 5.92 Å². The predicted molar refractivity (Wildman–Crippen MR) is 85.7 cm³/mol. The van der Waals surface area contributed by atoms with Gasteiger partial charge in [0.2, 0.25) is 5.91 Å². The van der Waals surface area contributed by atoms with Crippen molar-refractivity contribution in [3.05, 3.63) is 15.6 Å². The maximum atomic E-state index is 12.7. The van der Waals surface area contributed by atoms with Gasteiger partial charge in [0, 0.05) is 29.8 Å². The lowest BCUT2D eigenvalue weighted by Gasteiger charge is -2.38. The molecule has 1 amide bonds. The molecule has 1 N–H and O–H groups in total. The van der Waals surface area contributed by atoms with Crippen molar-refractivity contribution in [2.45, 2.75) is 39.5 Å². The first-order valence-corrected chi connectivity index (χ1v) is 8.81. The molecule has 2 aliphatic heterocycles. The second-order valence-corrected chi connectivity index (χ2v) is 7.76. The van der Waals surface area contributed by atoms with Gasteiger partial charge in [0.25, 0.3) is 0 Å². The Bertz CT molecular complexity index is 504. The number of rotatable bonds is 3. The minimum absolute atomic E-state index is 0.157. The SMILES string of the molecule is Cc1nc(C2CCCN(C(=O)C(C)C3CNC3)C2)sc1C. The maximum absolute atomic E-state index is 12.7. The number of carbonyl (C=O) groups is 1. The van der Waals surface area contributed by atoms with Gasteiger partial charge in [0.05, 0.1) is 10.7 Å². The van der Waals surface area contributed by atoms with Gasteiger partial charge in [-0.2, -0.15) is 0 Å². The fourth-order valence-electron chi connectivity index (χ4n) is 3.21. The molecular weight excluding hydrogens is 282 g/mol. The molecule has 2 unspecified atom stereocenters. The molecule has 2 aliphatic rings. The molecule has 0 spiro atoms. The van der Waals surface area contributed by atoms with E-state index in [1.165, 1.54) is 9.88 Å². The van der Waals surface area contributed by atoms with Crippen molar-refractivity contribution < 1.29 is 4.79 Å². The molecule has 1 aromatic rings. The van der Waals surface area contributed by atoms with Crippen LogP contribution in [0.2, 0.25) is 0 Å². The van der Waals surface area contributed by atoms with E-state index in [0.717, 1.165) is 44.7 Å². The average Bonchev–Trinajstić information content (AvgIpc) is 2.76. The van der Waals surface area contributed by atoms with Crippen molar-refractivity contribution in [2.75, 3.05) is 26.2 Å². The van der Waals surface area contributed by atoms with Crippen LogP contribution in [0.4, 0.5) is 0 Å². The van der Waals surface area contributed by atoms with Gasteiger partial charge in [0.15, 0.2) is 0 Å². The molecular formula is C16H25N3OS. The second kappa shape index (κ2) is 6.05. The number of thiazole rings is 1. The summed E-state index contributed by atoms with van der Waals surface area (Å²) >= 11 is 1.81. The Balaban J connectivity index is 1.66. The number of carbonyl (C=O) groups excluding carboxylic acids is 1. The molecule has 5 heteroatoms. The summed E-state index contributed by atoms with van der Waals surface area (Å²) in [5, 5.41) is 4.49. The summed E-state index contributed by atoms with van der Waals surface area (Å²) in [5.74, 6) is 1.47. The van der Waals surface area contributed by atoms with Crippen LogP contribution in [-0.2, 0) is 4.79 Å². The Morgan fingerprint density at radius 3 is 2.76 bits per heavy atom. The monoisotopic (exact) mass is 307 g/mol. The molecule has 4 nitrogen and oxygen atoms in total. The van der Waals surface area contributed by atoms with Crippen LogP contribution in [0.15, 0.2) is 0 Å². The lowest BCUT2D eigenvalue weighted by Crippen LogP contribution is -2.51. The quantitative estimate of drug-likeness (QED) is 0.932. The molecule has 3 heterocycles. The van der Waals surface area contributed by atoms with Crippen LogP contribution in [0.1, 0.15) is 41.3 Å². The van der Waals surface area contributed by atoms with Crippen molar-refractivity contribution >= 4 is 17.2 Å². The van der Waals surface area contributed by atoms with Gasteiger partial charge in [-0.25, -0.2) is 4.98 Å². The first kappa shape index (κ1) is 15.0. The van der Waals surface area contributed by atoms with Gasteiger partial charge < -0.3 is 10.2 Å². The van der Waals surface area contributed by atoms with Gasteiger partial charge >= 0.3 is 0 Å². The summed E-state index contributed by atoms with van der Waals surface area (Å²) in [6.45, 7) is 10.1. The van der Waals surface area contributed by atoms with Crippen LogP contribution < -0.4 is 5.32 Å². The molecule has 0 saturated carbocycles. The Labute approximate surface area is 130 Å². The highest BCUT2D eigenvalue weighted by atomic mass is 32.1. The van der Waals surface area contributed by atoms with E-state index in [9.17, 15) is 4.79 Å². The number of aromatic nitrogens is 1. The second-order valence-electron chi connectivity index (χ2n) is 6.52. The number of hydrogen-bond donors (Lipinski definition) is 1. The van der Waals surface area contributed by atoms with E-state index < -0.39 is 0 Å². The van der Waals surface area contributed by atoms with Crippen molar-refractivity contribution in [3.63, 3.8) is 0 Å². The highest BCUT2D eigenvalue weighted by Crippen LogP contribution is 2.32. The minimum atomic E-state index is 0.157. The first-order valence-electron chi connectivity index (χ1n) is 7.99. The normalized spacial score (nSPS) is 24.7. The predicted octanol–water partition coefficient (Wildman–Crippen LogP) is 2.32. The highest BCUT2D eigenvalue weighted by Gasteiger charge is 2.34. The third-order valence-electron chi connectivity index (χ3n) is 5.04. The molecule has 0 aromatic carbocycles. The summed E-state index contributed by atoms with van der Waals surface area (Å²) in [6, 6.07) is 0. The zero-order valence-corrected chi connectivity index (χ0v) is 14.0. The number of nitrogens with one attached hydrogen (secondary N) is 1. The Morgan fingerprint density at radius 1 is 1.43 bits per heavy atom. The maximum Gasteiger partial charge on any atom is 0.225 e. The number of nitrogens with zero attached hydrogens (tertiary/aromatic N) is 2. The average molecular weight is 307 g/mol. The lowest BCUT2D eigenvalue weighted by molar-refractivity contribution is -0.138. The number of hydrogen-bond acceptors (Lipinski definition) is 4. The standard InChI is InChI=1S/C16H25N3OS/c1-10(14-7-17-8-14)16(20)19-6-4-5-13(9-19)15-18-11(2)12(3)21-15/h10,13-14,17H,4-9H2,1-3H3. The molecule has 1 aromatic heterocycles. The summed E-state index contributed by atoms with van der Waals surface area (Å²) in [7, 11) is 0. The Hall–Kier alpha value is -0.940. The van der Waals surface area contributed by atoms with Crippen LogP contribution in [0.5, 0.6) is 0 Å². The molecule has 0 bridgehead atoms. The zero-order valence-electron chi connectivity index (χ0n) is 13.2. The van der Waals surface area contributed by atoms with Gasteiger partial charge in [-0.1, -0.05) is 6.92 Å². The van der Waals surface area contributed by atoms with Crippen LogP contribution >= 0.6 is 11.3 Å². The van der Waals surface area contributed by atoms with E-state index >= 15 is 0 Å². The first-order chi connectivity index (χ1) is 10.1. The Kier molecular flexibility index (Phi) is 4.31. The molecule has 2 saturated heterocycles. The number of aryl methyl sites for hydroxylation is 2. The fourth-order valence-corrected chi connectivity index (χ4v) is 4.25. The van der Waals surface area contributed by atoms with E-state index in [1.807, 2.05) is 0 Å². The van der Waals surface area contributed by atoms with Gasteiger partial charge in [0.1, 0.15) is 0 Å². The van der Waals surface area contributed by atoms with Crippen LogP contribution in [0.25, 0.3) is 0 Å². The van der Waals surface area contributed by atoms with Crippen molar-refractivity contribution in [3.8, 4) is 0 Å². The highest BCUT2D eigenvalue weighted by molar-refractivity contribution is 7.11. The molecule has 3 rings (SSSR count). The van der Waals surface area contributed by atoms with E-state index in [4.69, 9.17) is 4.98 Å². The molecule has 0 aliphatic carbocycles. The summed E-state index contributed by atoms with van der Waals surface area (Å²) in [6.07, 6.45) is 2.26. The number of piperidine rings is 1. The molecule has 21 heavy (non-hydrogen) atoms. The van der Waals surface area contributed by atoms with Crippen LogP contribution in [0.3, 0.4) is 0 Å². The summed E-state index contributed by atoms with van der Waals surface area (Å²) in [4.78, 5) is 20.8. The van der Waals surface area contributed by atoms with E-state index in [1.54, 1.807) is 11.3 Å². The topological polar surface area (TPSA) is 45.2 Å². The van der Waals surface area contributed by atoms with Crippen LogP contribution in [0, 0.1) is 25.7 Å². The summed E-state index contributed by atoms with van der Waals surface area (Å²) < 4.78 is 0. The minimum Gasteiger partial charge on any atom is -0.342 e. The molecule has 116 valence electrons. The molecule has 2 atom stereocenters. The zero-order chi connectivity index (χ0) is 15.0. The van der Waals surface area contributed by atoms with E-state index in [2.05, 4.69) is 31.0 Å². The van der Waals surface area contributed by atoms with Crippen LogP contribution in [-0.4, -0.2) is 42.0 Å². The van der Waals surface area contributed by atoms with E-state index in [0.29, 0.717) is 17.7 Å². The van der Waals surface area contributed by atoms with Crippen molar-refractivity contribution in [1.29, 1.82) is 0 Å². The largest absolute Gasteiger partial charge is 0.342 e. The number of amides is 1. The molecule has 0 radical (unpaired) electrons. The lowest BCUT2D eigenvalue weighted by atomic mass is 9.87. The van der Waals surface area contributed by atoms with Gasteiger partial charge in [-0.3, -0.25) is 4.79 Å². The molecule has 2 fully saturated rings. The Morgan fingerprint density at radius 2 is 2.19 bits per heavy atom. The summed E-state index contributed by atoms with van der Waals surface area (Å²) in [5.41, 5.74) is 1.15. The van der Waals surface area contributed by atoms with Gasteiger partial charge in [-0.15, -0.1) is 11.3 Å². The number of likely N-dealkylation sites (tertiary alicyclic amines) is 1. The van der Waals surface area contributed by atoms with Crippen molar-refractivity contribution in [2.24, 2.45) is 11.8 Å². The third kappa shape index (κ3) is 2.99. The van der Waals surface area contributed by atoms with Gasteiger partial charge in [-0.05, 0) is 45.7 Å². The smallest absolute Gasteiger partial charge is 0.225 e.